The van der Waals surface area contributed by atoms with Gasteiger partial charge in [-0.25, -0.2) is 0 Å². The lowest BCUT2D eigenvalue weighted by atomic mass is 10.4. The lowest BCUT2D eigenvalue weighted by molar-refractivity contribution is -0.127. The summed E-state index contributed by atoms with van der Waals surface area (Å²) in [6, 6.07) is 0. The summed E-state index contributed by atoms with van der Waals surface area (Å²) < 4.78 is 5.09. The Balaban J connectivity index is 3.23. The van der Waals surface area contributed by atoms with E-state index in [0.717, 1.165) is 13.0 Å². The summed E-state index contributed by atoms with van der Waals surface area (Å²) in [5.74, 6) is -0.0273. The Labute approximate surface area is 68.1 Å². The molecule has 0 bridgehead atoms. The number of hydrogen-bond donors (Lipinski definition) is 1. The molecular formula is C8H17NO2. The fourth-order valence-electron chi connectivity index (χ4n) is 0.558. The molecule has 1 N–H and O–H groups in total. The zero-order chi connectivity index (χ0) is 8.69. The van der Waals surface area contributed by atoms with E-state index < -0.39 is 0 Å². The molecule has 1 amide bonds. The maximum atomic E-state index is 10.9. The van der Waals surface area contributed by atoms with E-state index in [1.165, 1.54) is 0 Å². The highest BCUT2D eigenvalue weighted by Crippen LogP contribution is 1.85. The van der Waals surface area contributed by atoms with E-state index in [1.54, 1.807) is 0 Å². The number of rotatable bonds is 5. The first-order valence-corrected chi connectivity index (χ1v) is 4.05. The van der Waals surface area contributed by atoms with E-state index in [4.69, 9.17) is 4.74 Å². The number of hydrogen-bond acceptors (Lipinski definition) is 2. The molecule has 0 aliphatic rings. The molecule has 11 heavy (non-hydrogen) atoms. The Morgan fingerprint density at radius 2 is 2.18 bits per heavy atom. The molecule has 0 aromatic heterocycles. The van der Waals surface area contributed by atoms with Crippen molar-refractivity contribution in [3.63, 3.8) is 0 Å². The second-order valence-electron chi connectivity index (χ2n) is 2.71. The van der Waals surface area contributed by atoms with Crippen LogP contribution in [0.5, 0.6) is 0 Å². The van der Waals surface area contributed by atoms with Gasteiger partial charge >= 0.3 is 0 Å². The van der Waals surface area contributed by atoms with Gasteiger partial charge in [-0.15, -0.1) is 0 Å². The Kier molecular flexibility index (Phi) is 5.84. The van der Waals surface area contributed by atoms with Crippen molar-refractivity contribution in [2.24, 2.45) is 0 Å². The Hall–Kier alpha value is -0.570. The van der Waals surface area contributed by atoms with Crippen molar-refractivity contribution >= 4 is 5.91 Å². The minimum atomic E-state index is -0.0273. The third-order valence-corrected chi connectivity index (χ3v) is 1.12. The Morgan fingerprint density at radius 1 is 1.55 bits per heavy atom. The second kappa shape index (κ2) is 6.16. The van der Waals surface area contributed by atoms with Crippen molar-refractivity contribution in [3.8, 4) is 0 Å². The summed E-state index contributed by atoms with van der Waals surface area (Å²) in [5, 5.41) is 2.72. The van der Waals surface area contributed by atoms with Crippen LogP contribution in [0.25, 0.3) is 0 Å². The molecule has 0 aliphatic heterocycles. The van der Waals surface area contributed by atoms with Gasteiger partial charge in [0.2, 0.25) is 5.91 Å². The molecule has 0 spiro atoms. The Bertz CT molecular complexity index is 113. The molecule has 0 aliphatic carbocycles. The number of carbonyl (C=O) groups excluding carboxylic acids is 1. The molecule has 0 rings (SSSR count). The molecule has 0 saturated heterocycles. The maximum Gasteiger partial charge on any atom is 0.246 e. The van der Waals surface area contributed by atoms with Crippen molar-refractivity contribution in [3.05, 3.63) is 0 Å². The van der Waals surface area contributed by atoms with E-state index >= 15 is 0 Å². The predicted octanol–water partition coefficient (Wildman–Crippen LogP) is 0.938. The van der Waals surface area contributed by atoms with Gasteiger partial charge in [-0.1, -0.05) is 6.92 Å². The van der Waals surface area contributed by atoms with Crippen LogP contribution in [-0.4, -0.2) is 25.2 Å². The normalized spacial score (nSPS) is 10.2. The van der Waals surface area contributed by atoms with Crippen LogP contribution in [0, 0.1) is 0 Å². The average Bonchev–Trinajstić information content (AvgIpc) is 1.97. The van der Waals surface area contributed by atoms with Crippen molar-refractivity contribution in [2.75, 3.05) is 13.2 Å². The van der Waals surface area contributed by atoms with Gasteiger partial charge in [-0.05, 0) is 20.3 Å². The maximum absolute atomic E-state index is 10.9. The molecule has 0 unspecified atom stereocenters. The highest BCUT2D eigenvalue weighted by Gasteiger charge is 2.00. The quantitative estimate of drug-likeness (QED) is 0.648. The van der Waals surface area contributed by atoms with Gasteiger partial charge in [0.25, 0.3) is 0 Å². The average molecular weight is 159 g/mol. The zero-order valence-corrected chi connectivity index (χ0v) is 7.52. The van der Waals surface area contributed by atoms with E-state index in [2.05, 4.69) is 5.32 Å². The highest BCUT2D eigenvalue weighted by atomic mass is 16.5. The summed E-state index contributed by atoms with van der Waals surface area (Å²) in [5.41, 5.74) is 0. The van der Waals surface area contributed by atoms with E-state index in [-0.39, 0.29) is 18.6 Å². The van der Waals surface area contributed by atoms with Crippen LogP contribution in [0.1, 0.15) is 27.2 Å². The van der Waals surface area contributed by atoms with Crippen LogP contribution in [0.15, 0.2) is 0 Å². The standard InChI is InChI=1S/C8H17NO2/c1-4-5-9-8(10)6-11-7(2)3/h7H,4-6H2,1-3H3,(H,9,10). The van der Waals surface area contributed by atoms with E-state index in [0.29, 0.717) is 0 Å². The molecule has 0 atom stereocenters. The number of ether oxygens (including phenoxy) is 1. The summed E-state index contributed by atoms with van der Waals surface area (Å²) in [6.07, 6.45) is 1.09. The fraction of sp³-hybridized carbons (Fsp3) is 0.875. The highest BCUT2D eigenvalue weighted by molar-refractivity contribution is 5.77. The van der Waals surface area contributed by atoms with E-state index in [9.17, 15) is 4.79 Å². The SMILES string of the molecule is CCCNC(=O)COC(C)C. The predicted molar refractivity (Wildman–Crippen MR) is 44.4 cm³/mol. The molecule has 0 radical (unpaired) electrons. The lowest BCUT2D eigenvalue weighted by Crippen LogP contribution is -2.29. The second-order valence-corrected chi connectivity index (χ2v) is 2.71. The third-order valence-electron chi connectivity index (χ3n) is 1.12. The van der Waals surface area contributed by atoms with Crippen LogP contribution in [0.2, 0.25) is 0 Å². The topological polar surface area (TPSA) is 38.3 Å². The summed E-state index contributed by atoms with van der Waals surface area (Å²) in [6.45, 7) is 6.75. The molecule has 0 saturated carbocycles. The fourth-order valence-corrected chi connectivity index (χ4v) is 0.558. The van der Waals surface area contributed by atoms with Crippen molar-refractivity contribution < 1.29 is 9.53 Å². The first-order valence-electron chi connectivity index (χ1n) is 4.05. The molecule has 0 fully saturated rings. The van der Waals surface area contributed by atoms with Crippen LogP contribution >= 0.6 is 0 Å². The molecule has 0 heterocycles. The molecule has 3 nitrogen and oxygen atoms in total. The van der Waals surface area contributed by atoms with Crippen LogP contribution in [-0.2, 0) is 9.53 Å². The largest absolute Gasteiger partial charge is 0.369 e. The molecule has 0 aromatic carbocycles. The van der Waals surface area contributed by atoms with Crippen LogP contribution < -0.4 is 5.32 Å². The summed E-state index contributed by atoms with van der Waals surface area (Å²) in [7, 11) is 0. The van der Waals surface area contributed by atoms with Gasteiger partial charge in [0.05, 0.1) is 6.10 Å². The van der Waals surface area contributed by atoms with Gasteiger partial charge in [-0.2, -0.15) is 0 Å². The molecule has 3 heteroatoms. The van der Waals surface area contributed by atoms with Gasteiger partial charge < -0.3 is 10.1 Å². The van der Waals surface area contributed by atoms with E-state index in [1.807, 2.05) is 20.8 Å². The number of amides is 1. The van der Waals surface area contributed by atoms with Crippen molar-refractivity contribution in [2.45, 2.75) is 33.3 Å². The zero-order valence-electron chi connectivity index (χ0n) is 7.52. The minimum Gasteiger partial charge on any atom is -0.369 e. The molecule has 66 valence electrons. The smallest absolute Gasteiger partial charge is 0.246 e. The van der Waals surface area contributed by atoms with Crippen molar-refractivity contribution in [1.29, 1.82) is 0 Å². The third kappa shape index (κ3) is 7.33. The number of carbonyl (C=O) groups is 1. The van der Waals surface area contributed by atoms with Gasteiger partial charge in [-0.3, -0.25) is 4.79 Å². The first kappa shape index (κ1) is 10.4. The van der Waals surface area contributed by atoms with Crippen LogP contribution in [0.3, 0.4) is 0 Å². The Morgan fingerprint density at radius 3 is 2.64 bits per heavy atom. The monoisotopic (exact) mass is 159 g/mol. The van der Waals surface area contributed by atoms with Gasteiger partial charge in [0.15, 0.2) is 0 Å². The van der Waals surface area contributed by atoms with Crippen LogP contribution in [0.4, 0.5) is 0 Å². The lowest BCUT2D eigenvalue weighted by Gasteiger charge is -2.06. The first-order chi connectivity index (χ1) is 5.16. The van der Waals surface area contributed by atoms with Gasteiger partial charge in [0.1, 0.15) is 6.61 Å². The molecular weight excluding hydrogens is 142 g/mol. The van der Waals surface area contributed by atoms with Crippen molar-refractivity contribution in [1.82, 2.24) is 5.32 Å². The molecule has 0 aromatic rings. The van der Waals surface area contributed by atoms with Gasteiger partial charge in [0, 0.05) is 6.54 Å². The summed E-state index contributed by atoms with van der Waals surface area (Å²) >= 11 is 0. The number of nitrogens with one attached hydrogen (secondary N) is 1. The minimum absolute atomic E-state index is 0.0273. The summed E-state index contributed by atoms with van der Waals surface area (Å²) in [4.78, 5) is 10.9.